The molecule has 2 N–H and O–H groups in total. The maximum absolute atomic E-state index is 11.3. The predicted octanol–water partition coefficient (Wildman–Crippen LogP) is 1.62. The van der Waals surface area contributed by atoms with E-state index in [0.717, 1.165) is 19.5 Å². The second-order valence-electron chi connectivity index (χ2n) is 5.67. The van der Waals surface area contributed by atoms with Crippen LogP contribution in [-0.2, 0) is 4.79 Å². The molecule has 2 atom stereocenters. The zero-order chi connectivity index (χ0) is 11.6. The van der Waals surface area contributed by atoms with Gasteiger partial charge in [0.05, 0.1) is 6.04 Å². The smallest absolute Gasteiger partial charge is 0.234 e. The van der Waals surface area contributed by atoms with Crippen molar-refractivity contribution in [2.75, 3.05) is 13.1 Å². The molecule has 0 spiro atoms. The van der Waals surface area contributed by atoms with Gasteiger partial charge in [-0.2, -0.15) is 0 Å². The van der Waals surface area contributed by atoms with Crippen molar-refractivity contribution in [1.29, 1.82) is 0 Å². The van der Waals surface area contributed by atoms with Gasteiger partial charge in [-0.3, -0.25) is 9.69 Å². The maximum atomic E-state index is 11.3. The van der Waals surface area contributed by atoms with E-state index in [2.05, 4.69) is 25.7 Å². The van der Waals surface area contributed by atoms with Gasteiger partial charge in [-0.1, -0.05) is 27.7 Å². The summed E-state index contributed by atoms with van der Waals surface area (Å²) in [5.74, 6) is 0.512. The normalized spacial score (nSPS) is 25.5. The van der Waals surface area contributed by atoms with E-state index in [1.807, 2.05) is 6.92 Å². The standard InChI is InChI=1S/C12H24N2O/c1-5-10(11(13)15)14-7-6-9(8-14)12(2,3)4/h9-10H,5-8H2,1-4H3,(H2,13,15). The van der Waals surface area contributed by atoms with Gasteiger partial charge in [0.15, 0.2) is 0 Å². The molecule has 1 saturated heterocycles. The molecule has 0 aromatic rings. The summed E-state index contributed by atoms with van der Waals surface area (Å²) in [5, 5.41) is 0. The molecule has 88 valence electrons. The summed E-state index contributed by atoms with van der Waals surface area (Å²) in [7, 11) is 0. The minimum absolute atomic E-state index is 0.0580. The van der Waals surface area contributed by atoms with E-state index in [1.165, 1.54) is 6.42 Å². The van der Waals surface area contributed by atoms with Crippen molar-refractivity contribution in [3.05, 3.63) is 0 Å². The van der Waals surface area contributed by atoms with Crippen molar-refractivity contribution in [1.82, 2.24) is 4.90 Å². The first-order valence-corrected chi connectivity index (χ1v) is 5.89. The number of primary amides is 1. The quantitative estimate of drug-likeness (QED) is 0.772. The molecule has 0 aliphatic carbocycles. The van der Waals surface area contributed by atoms with Crippen molar-refractivity contribution in [2.45, 2.75) is 46.6 Å². The average molecular weight is 212 g/mol. The third-order valence-electron chi connectivity index (χ3n) is 3.60. The number of nitrogens with zero attached hydrogens (tertiary/aromatic N) is 1. The third kappa shape index (κ3) is 2.94. The number of rotatable bonds is 3. The minimum Gasteiger partial charge on any atom is -0.368 e. The number of likely N-dealkylation sites (tertiary alicyclic amines) is 1. The topological polar surface area (TPSA) is 46.3 Å². The third-order valence-corrected chi connectivity index (χ3v) is 3.60. The first-order valence-electron chi connectivity index (χ1n) is 5.89. The lowest BCUT2D eigenvalue weighted by Crippen LogP contribution is -2.43. The lowest BCUT2D eigenvalue weighted by molar-refractivity contribution is -0.123. The molecule has 0 radical (unpaired) electrons. The Morgan fingerprint density at radius 2 is 2.13 bits per heavy atom. The van der Waals surface area contributed by atoms with E-state index in [0.29, 0.717) is 11.3 Å². The number of amides is 1. The molecule has 2 unspecified atom stereocenters. The Labute approximate surface area is 93.0 Å². The van der Waals surface area contributed by atoms with Crippen molar-refractivity contribution in [3.8, 4) is 0 Å². The lowest BCUT2D eigenvalue weighted by Gasteiger charge is -2.29. The molecule has 0 aromatic carbocycles. The molecule has 1 heterocycles. The van der Waals surface area contributed by atoms with Crippen LogP contribution in [0.25, 0.3) is 0 Å². The van der Waals surface area contributed by atoms with Gasteiger partial charge < -0.3 is 5.73 Å². The average Bonchev–Trinajstić information content (AvgIpc) is 2.52. The molecule has 1 amide bonds. The molecule has 1 fully saturated rings. The van der Waals surface area contributed by atoms with Gasteiger partial charge in [0.2, 0.25) is 5.91 Å². The SMILES string of the molecule is CCC(C(N)=O)N1CCC(C(C)(C)C)C1. The Hall–Kier alpha value is -0.570. The zero-order valence-corrected chi connectivity index (χ0v) is 10.4. The van der Waals surface area contributed by atoms with Gasteiger partial charge in [0, 0.05) is 6.54 Å². The van der Waals surface area contributed by atoms with E-state index >= 15 is 0 Å². The van der Waals surface area contributed by atoms with Crippen LogP contribution in [0.1, 0.15) is 40.5 Å². The van der Waals surface area contributed by atoms with Crippen molar-refractivity contribution >= 4 is 5.91 Å². The van der Waals surface area contributed by atoms with E-state index in [9.17, 15) is 4.79 Å². The molecular formula is C12H24N2O. The van der Waals surface area contributed by atoms with Crippen LogP contribution in [0.2, 0.25) is 0 Å². The summed E-state index contributed by atoms with van der Waals surface area (Å²) in [6.45, 7) is 10.9. The van der Waals surface area contributed by atoms with Crippen LogP contribution in [0.5, 0.6) is 0 Å². The highest BCUT2D eigenvalue weighted by Crippen LogP contribution is 2.34. The Morgan fingerprint density at radius 3 is 2.47 bits per heavy atom. The number of hydrogen-bond donors (Lipinski definition) is 1. The summed E-state index contributed by atoms with van der Waals surface area (Å²) in [5.41, 5.74) is 5.74. The fourth-order valence-electron chi connectivity index (χ4n) is 2.42. The number of nitrogens with two attached hydrogens (primary N) is 1. The van der Waals surface area contributed by atoms with Crippen LogP contribution in [0.4, 0.5) is 0 Å². The molecule has 3 heteroatoms. The fourth-order valence-corrected chi connectivity index (χ4v) is 2.42. The van der Waals surface area contributed by atoms with Crippen LogP contribution in [0.15, 0.2) is 0 Å². The lowest BCUT2D eigenvalue weighted by atomic mass is 9.80. The Kier molecular flexibility index (Phi) is 3.77. The van der Waals surface area contributed by atoms with Crippen molar-refractivity contribution in [3.63, 3.8) is 0 Å². The van der Waals surface area contributed by atoms with Gasteiger partial charge >= 0.3 is 0 Å². The van der Waals surface area contributed by atoms with Crippen molar-refractivity contribution < 1.29 is 4.79 Å². The second kappa shape index (κ2) is 4.52. The summed E-state index contributed by atoms with van der Waals surface area (Å²) >= 11 is 0. The molecular weight excluding hydrogens is 188 g/mol. The monoisotopic (exact) mass is 212 g/mol. The van der Waals surface area contributed by atoms with E-state index in [-0.39, 0.29) is 11.9 Å². The van der Waals surface area contributed by atoms with Gasteiger partial charge in [0.25, 0.3) is 0 Å². The molecule has 0 saturated carbocycles. The minimum atomic E-state index is -0.174. The molecule has 15 heavy (non-hydrogen) atoms. The van der Waals surface area contributed by atoms with Crippen LogP contribution in [0, 0.1) is 11.3 Å². The molecule has 1 rings (SSSR count). The summed E-state index contributed by atoms with van der Waals surface area (Å²) in [6, 6.07) is -0.0580. The Morgan fingerprint density at radius 1 is 1.53 bits per heavy atom. The highest BCUT2D eigenvalue weighted by atomic mass is 16.1. The highest BCUT2D eigenvalue weighted by molar-refractivity contribution is 5.79. The number of hydrogen-bond acceptors (Lipinski definition) is 2. The number of carbonyl (C=O) groups is 1. The second-order valence-corrected chi connectivity index (χ2v) is 5.67. The summed E-state index contributed by atoms with van der Waals surface area (Å²) in [4.78, 5) is 13.5. The van der Waals surface area contributed by atoms with Crippen LogP contribution in [-0.4, -0.2) is 29.9 Å². The summed E-state index contributed by atoms with van der Waals surface area (Å²) < 4.78 is 0. The van der Waals surface area contributed by atoms with Crippen LogP contribution in [0.3, 0.4) is 0 Å². The molecule has 1 aliphatic heterocycles. The Balaban J connectivity index is 2.59. The fraction of sp³-hybridized carbons (Fsp3) is 0.917. The van der Waals surface area contributed by atoms with Gasteiger partial charge in [0.1, 0.15) is 0 Å². The van der Waals surface area contributed by atoms with Gasteiger partial charge in [-0.15, -0.1) is 0 Å². The highest BCUT2D eigenvalue weighted by Gasteiger charge is 2.35. The first-order chi connectivity index (χ1) is 6.86. The Bertz CT molecular complexity index is 232. The molecule has 3 nitrogen and oxygen atoms in total. The molecule has 0 aromatic heterocycles. The van der Waals surface area contributed by atoms with E-state index in [4.69, 9.17) is 5.73 Å². The van der Waals surface area contributed by atoms with Crippen LogP contribution < -0.4 is 5.73 Å². The summed E-state index contributed by atoms with van der Waals surface area (Å²) in [6.07, 6.45) is 2.01. The van der Waals surface area contributed by atoms with E-state index in [1.54, 1.807) is 0 Å². The zero-order valence-electron chi connectivity index (χ0n) is 10.4. The number of carbonyl (C=O) groups excluding carboxylic acids is 1. The molecule has 1 aliphatic rings. The van der Waals surface area contributed by atoms with Gasteiger partial charge in [-0.05, 0) is 30.7 Å². The first kappa shape index (κ1) is 12.5. The predicted molar refractivity (Wildman–Crippen MR) is 62.4 cm³/mol. The van der Waals surface area contributed by atoms with E-state index < -0.39 is 0 Å². The maximum Gasteiger partial charge on any atom is 0.234 e. The van der Waals surface area contributed by atoms with Crippen molar-refractivity contribution in [2.24, 2.45) is 17.1 Å². The largest absolute Gasteiger partial charge is 0.368 e. The molecule has 0 bridgehead atoms. The van der Waals surface area contributed by atoms with Gasteiger partial charge in [-0.25, -0.2) is 0 Å². The van der Waals surface area contributed by atoms with Crippen LogP contribution >= 0.6 is 0 Å².